The number of nitrogens with one attached hydrogen (secondary N) is 1. The van der Waals surface area contributed by atoms with Crippen LogP contribution in [0.4, 0.5) is 18.9 Å². The first kappa shape index (κ1) is 15.2. The molecule has 0 spiro atoms. The molecule has 0 amide bonds. The third-order valence-corrected chi connectivity index (χ3v) is 4.12. The van der Waals surface area contributed by atoms with E-state index in [1.54, 1.807) is 18.2 Å². The van der Waals surface area contributed by atoms with E-state index >= 15 is 0 Å². The van der Waals surface area contributed by atoms with Gasteiger partial charge in [0.1, 0.15) is 6.07 Å². The van der Waals surface area contributed by atoms with Gasteiger partial charge in [-0.1, -0.05) is 28.8 Å². The van der Waals surface area contributed by atoms with E-state index in [4.69, 9.17) is 5.26 Å². The summed E-state index contributed by atoms with van der Waals surface area (Å²) < 4.78 is 39.9. The molecule has 1 aliphatic rings. The van der Waals surface area contributed by atoms with Gasteiger partial charge in [0.05, 0.1) is 17.2 Å². The summed E-state index contributed by atoms with van der Waals surface area (Å²) in [6.07, 6.45) is -2.19. The second-order valence-electron chi connectivity index (χ2n) is 4.99. The molecule has 1 aromatic rings. The average molecular weight is 347 g/mol. The van der Waals surface area contributed by atoms with Crippen LogP contribution in [0.5, 0.6) is 0 Å². The van der Waals surface area contributed by atoms with E-state index in [2.05, 4.69) is 21.2 Å². The monoisotopic (exact) mass is 346 g/mol. The van der Waals surface area contributed by atoms with Crippen molar-refractivity contribution in [1.82, 2.24) is 0 Å². The van der Waals surface area contributed by atoms with Crippen molar-refractivity contribution in [3.63, 3.8) is 0 Å². The zero-order valence-electron chi connectivity index (χ0n) is 10.7. The molecule has 0 aliphatic heterocycles. The molecule has 108 valence electrons. The van der Waals surface area contributed by atoms with Gasteiger partial charge in [-0.3, -0.25) is 0 Å². The zero-order chi connectivity index (χ0) is 14.8. The first-order valence-corrected chi connectivity index (χ1v) is 7.24. The molecule has 0 radical (unpaired) electrons. The Kier molecular flexibility index (Phi) is 4.59. The lowest BCUT2D eigenvalue weighted by atomic mass is 9.83. The second-order valence-corrected chi connectivity index (χ2v) is 5.90. The number of hydrogen-bond donors (Lipinski definition) is 1. The van der Waals surface area contributed by atoms with Gasteiger partial charge in [0, 0.05) is 10.5 Å². The molecule has 2 unspecified atom stereocenters. The van der Waals surface area contributed by atoms with Crippen molar-refractivity contribution in [1.29, 1.82) is 5.26 Å². The number of rotatable bonds is 2. The fourth-order valence-electron chi connectivity index (χ4n) is 2.63. The summed E-state index contributed by atoms with van der Waals surface area (Å²) in [6.45, 7) is 0. The van der Waals surface area contributed by atoms with Crippen LogP contribution in [0.2, 0.25) is 0 Å². The molecular weight excluding hydrogens is 333 g/mol. The Morgan fingerprint density at radius 2 is 1.95 bits per heavy atom. The predicted octanol–water partition coefficient (Wildman–Crippen LogP) is 4.85. The third kappa shape index (κ3) is 3.45. The lowest BCUT2D eigenvalue weighted by Crippen LogP contribution is -2.41. The molecule has 1 aromatic carbocycles. The molecule has 1 N–H and O–H groups in total. The molecule has 2 rings (SSSR count). The number of halogens is 4. The SMILES string of the molecule is N#Cc1ccc(Br)cc1NC1CCCCC1C(F)(F)F. The van der Waals surface area contributed by atoms with Crippen molar-refractivity contribution < 1.29 is 13.2 Å². The van der Waals surface area contributed by atoms with E-state index in [1.807, 2.05) is 6.07 Å². The van der Waals surface area contributed by atoms with Crippen LogP contribution < -0.4 is 5.32 Å². The maximum absolute atomic E-state index is 13.0. The summed E-state index contributed by atoms with van der Waals surface area (Å²) in [5.74, 6) is -1.35. The summed E-state index contributed by atoms with van der Waals surface area (Å²) in [6, 6.07) is 6.29. The van der Waals surface area contributed by atoms with E-state index < -0.39 is 18.1 Å². The summed E-state index contributed by atoms with van der Waals surface area (Å²) in [7, 11) is 0. The van der Waals surface area contributed by atoms with Crippen LogP contribution in [-0.4, -0.2) is 12.2 Å². The number of hydrogen-bond acceptors (Lipinski definition) is 2. The lowest BCUT2D eigenvalue weighted by Gasteiger charge is -2.34. The Hall–Kier alpha value is -1.22. The van der Waals surface area contributed by atoms with Gasteiger partial charge in [0.2, 0.25) is 0 Å². The highest BCUT2D eigenvalue weighted by Crippen LogP contribution is 2.39. The molecule has 0 aromatic heterocycles. The number of nitrogens with zero attached hydrogens (tertiary/aromatic N) is 1. The van der Waals surface area contributed by atoms with Crippen LogP contribution in [0.15, 0.2) is 22.7 Å². The Morgan fingerprint density at radius 3 is 2.60 bits per heavy atom. The van der Waals surface area contributed by atoms with Crippen molar-refractivity contribution in [3.05, 3.63) is 28.2 Å². The van der Waals surface area contributed by atoms with Crippen LogP contribution >= 0.6 is 15.9 Å². The summed E-state index contributed by atoms with van der Waals surface area (Å²) in [5.41, 5.74) is 0.822. The van der Waals surface area contributed by atoms with Gasteiger partial charge in [-0.05, 0) is 31.0 Å². The van der Waals surface area contributed by atoms with Gasteiger partial charge < -0.3 is 5.32 Å². The van der Waals surface area contributed by atoms with Crippen molar-refractivity contribution in [2.24, 2.45) is 5.92 Å². The Balaban J connectivity index is 2.23. The van der Waals surface area contributed by atoms with Crippen molar-refractivity contribution in [3.8, 4) is 6.07 Å². The number of nitriles is 1. The Bertz CT molecular complexity index is 522. The van der Waals surface area contributed by atoms with Crippen LogP contribution in [0.25, 0.3) is 0 Å². The number of anilines is 1. The molecule has 2 nitrogen and oxygen atoms in total. The van der Waals surface area contributed by atoms with Crippen molar-refractivity contribution in [2.45, 2.75) is 37.9 Å². The third-order valence-electron chi connectivity index (χ3n) is 3.63. The molecule has 1 saturated carbocycles. The second kappa shape index (κ2) is 6.04. The van der Waals surface area contributed by atoms with E-state index in [0.717, 1.165) is 10.9 Å². The minimum Gasteiger partial charge on any atom is -0.381 e. The van der Waals surface area contributed by atoms with E-state index in [9.17, 15) is 13.2 Å². The van der Waals surface area contributed by atoms with Gasteiger partial charge in [0.25, 0.3) is 0 Å². The molecule has 0 bridgehead atoms. The highest BCUT2D eigenvalue weighted by atomic mass is 79.9. The Labute approximate surface area is 124 Å². The van der Waals surface area contributed by atoms with Crippen LogP contribution in [0.1, 0.15) is 31.2 Å². The number of alkyl halides is 3. The zero-order valence-corrected chi connectivity index (χ0v) is 12.3. The lowest BCUT2D eigenvalue weighted by molar-refractivity contribution is -0.184. The first-order valence-electron chi connectivity index (χ1n) is 6.44. The van der Waals surface area contributed by atoms with Crippen LogP contribution in [0.3, 0.4) is 0 Å². The van der Waals surface area contributed by atoms with Gasteiger partial charge >= 0.3 is 6.18 Å². The van der Waals surface area contributed by atoms with Gasteiger partial charge in [-0.15, -0.1) is 0 Å². The summed E-state index contributed by atoms with van der Waals surface area (Å²) in [4.78, 5) is 0. The molecule has 0 saturated heterocycles. The molecule has 6 heteroatoms. The minimum absolute atomic E-state index is 0.150. The molecular formula is C14H14BrF3N2. The molecule has 0 heterocycles. The van der Waals surface area contributed by atoms with E-state index in [-0.39, 0.29) is 6.42 Å². The highest BCUT2D eigenvalue weighted by molar-refractivity contribution is 9.10. The summed E-state index contributed by atoms with van der Waals surface area (Å²) >= 11 is 3.27. The molecule has 1 aliphatic carbocycles. The fraction of sp³-hybridized carbons (Fsp3) is 0.500. The minimum atomic E-state index is -4.20. The van der Waals surface area contributed by atoms with Gasteiger partial charge in [-0.25, -0.2) is 0 Å². The van der Waals surface area contributed by atoms with Crippen molar-refractivity contribution in [2.75, 3.05) is 5.32 Å². The van der Waals surface area contributed by atoms with Crippen LogP contribution in [0, 0.1) is 17.2 Å². The van der Waals surface area contributed by atoms with E-state index in [0.29, 0.717) is 24.1 Å². The smallest absolute Gasteiger partial charge is 0.381 e. The van der Waals surface area contributed by atoms with E-state index in [1.165, 1.54) is 0 Å². The normalized spacial score (nSPS) is 23.1. The van der Waals surface area contributed by atoms with Gasteiger partial charge in [0.15, 0.2) is 0 Å². The fourth-order valence-corrected chi connectivity index (χ4v) is 2.99. The van der Waals surface area contributed by atoms with Gasteiger partial charge in [-0.2, -0.15) is 18.4 Å². The highest BCUT2D eigenvalue weighted by Gasteiger charge is 2.45. The maximum atomic E-state index is 13.0. The Morgan fingerprint density at radius 1 is 1.25 bits per heavy atom. The standard InChI is InChI=1S/C14H14BrF3N2/c15-10-6-5-9(8-19)13(7-10)20-12-4-2-1-3-11(12)14(16,17)18/h5-7,11-12,20H,1-4H2. The van der Waals surface area contributed by atoms with Crippen LogP contribution in [-0.2, 0) is 0 Å². The number of benzene rings is 1. The maximum Gasteiger partial charge on any atom is 0.393 e. The molecule has 2 atom stereocenters. The quantitative estimate of drug-likeness (QED) is 0.830. The average Bonchev–Trinajstić information content (AvgIpc) is 2.38. The van der Waals surface area contributed by atoms with Crippen molar-refractivity contribution >= 4 is 21.6 Å². The largest absolute Gasteiger partial charge is 0.393 e. The summed E-state index contributed by atoms with van der Waals surface area (Å²) in [5, 5.41) is 12.0. The molecule has 1 fully saturated rings. The topological polar surface area (TPSA) is 35.8 Å². The predicted molar refractivity (Wildman–Crippen MR) is 74.3 cm³/mol. The first-order chi connectivity index (χ1) is 9.41. The molecule has 20 heavy (non-hydrogen) atoms.